The summed E-state index contributed by atoms with van der Waals surface area (Å²) in [6.07, 6.45) is 0.793. The molecule has 0 amide bonds. The molecular weight excluding hydrogens is 844 g/mol. The molecule has 0 aliphatic heterocycles. The van der Waals surface area contributed by atoms with Crippen molar-refractivity contribution in [2.75, 3.05) is 0 Å². The van der Waals surface area contributed by atoms with Gasteiger partial charge in [0, 0.05) is 0 Å². The highest BCUT2D eigenvalue weighted by Gasteiger charge is 2.29. The van der Waals surface area contributed by atoms with Gasteiger partial charge in [0.05, 0.1) is 40.2 Å². The fourth-order valence-electron chi connectivity index (χ4n) is 6.72. The number of aromatic hydroxyl groups is 2. The summed E-state index contributed by atoms with van der Waals surface area (Å²) in [5, 5.41) is 23.6. The standard InChI is InChI=1S/C44H26Cl8O2/c45-33-13-5-25(19-37(33)49)41-31(17-23-1-9-29(53)10-2-23)42(26-6-14-34(46)38(50)20-26)44(28-8-16-36(48)40(52)22-28)32(18-24-3-11-30(54)12-4-24)43(41)27-7-15-35(47)39(51)21-27/h1-16,19-22,53-54H,17-18H2. The molecule has 0 atom stereocenters. The number of hydrogen-bond acceptors (Lipinski definition) is 2. The first-order valence-electron chi connectivity index (χ1n) is 16.5. The van der Waals surface area contributed by atoms with Crippen molar-refractivity contribution < 1.29 is 10.2 Å². The first kappa shape index (κ1) is 38.7. The summed E-state index contributed by atoms with van der Waals surface area (Å²) in [5.41, 5.74) is 10.2. The number of benzene rings is 7. The third-order valence-electron chi connectivity index (χ3n) is 9.17. The van der Waals surface area contributed by atoms with Crippen LogP contribution < -0.4 is 0 Å². The highest BCUT2D eigenvalue weighted by Crippen LogP contribution is 2.52. The molecule has 2 nitrogen and oxygen atoms in total. The fourth-order valence-corrected chi connectivity index (χ4v) is 7.92. The smallest absolute Gasteiger partial charge is 0.115 e. The Morgan fingerprint density at radius 3 is 0.759 bits per heavy atom. The van der Waals surface area contributed by atoms with E-state index in [0.717, 1.165) is 66.8 Å². The summed E-state index contributed by atoms with van der Waals surface area (Å²) < 4.78 is 0. The van der Waals surface area contributed by atoms with Crippen molar-refractivity contribution in [2.24, 2.45) is 0 Å². The van der Waals surface area contributed by atoms with Gasteiger partial charge in [-0.1, -0.05) is 141 Å². The summed E-state index contributed by atoms with van der Waals surface area (Å²) in [6, 6.07) is 36.4. The second kappa shape index (κ2) is 16.3. The van der Waals surface area contributed by atoms with Gasteiger partial charge in [0.15, 0.2) is 0 Å². The molecule has 10 heteroatoms. The van der Waals surface area contributed by atoms with Crippen molar-refractivity contribution in [2.45, 2.75) is 12.8 Å². The predicted molar refractivity (Wildman–Crippen MR) is 230 cm³/mol. The Labute approximate surface area is 353 Å². The average molecular weight is 870 g/mol. The Balaban J connectivity index is 1.77. The molecule has 0 aliphatic carbocycles. The number of phenolic OH excluding ortho intramolecular Hbond substituents is 2. The zero-order chi connectivity index (χ0) is 38.3. The maximum Gasteiger partial charge on any atom is 0.115 e. The van der Waals surface area contributed by atoms with Gasteiger partial charge in [0.1, 0.15) is 11.5 Å². The molecule has 7 aromatic rings. The van der Waals surface area contributed by atoms with Crippen LogP contribution in [0.5, 0.6) is 11.5 Å². The second-order valence-corrected chi connectivity index (χ2v) is 15.9. The predicted octanol–water partition coefficient (Wildman–Crippen LogP) is 16.2. The molecule has 2 N–H and O–H groups in total. The van der Waals surface area contributed by atoms with E-state index in [-0.39, 0.29) is 11.5 Å². The fraction of sp³-hybridized carbons (Fsp3) is 0.0455. The number of halogens is 8. The molecule has 54 heavy (non-hydrogen) atoms. The zero-order valence-electron chi connectivity index (χ0n) is 27.9. The molecule has 0 spiro atoms. The molecule has 7 aromatic carbocycles. The van der Waals surface area contributed by atoms with Gasteiger partial charge in [0.25, 0.3) is 0 Å². The highest BCUT2D eigenvalue weighted by atomic mass is 35.5. The van der Waals surface area contributed by atoms with Gasteiger partial charge in [0.2, 0.25) is 0 Å². The molecule has 0 radical (unpaired) electrons. The minimum atomic E-state index is 0.144. The van der Waals surface area contributed by atoms with Crippen LogP contribution >= 0.6 is 92.8 Å². The van der Waals surface area contributed by atoms with Gasteiger partial charge in [-0.3, -0.25) is 0 Å². The lowest BCUT2D eigenvalue weighted by molar-refractivity contribution is 0.474. The maximum atomic E-state index is 10.3. The van der Waals surface area contributed by atoms with E-state index in [9.17, 15) is 10.2 Å². The maximum absolute atomic E-state index is 10.3. The quantitative estimate of drug-likeness (QED) is 0.160. The van der Waals surface area contributed by atoms with E-state index < -0.39 is 0 Å². The SMILES string of the molecule is Oc1ccc(Cc2c(-c3ccc(Cl)c(Cl)c3)c(-c3ccc(Cl)c(Cl)c3)c(Cc3ccc(O)cc3)c(-c3ccc(Cl)c(Cl)c3)c2-c2ccc(Cl)c(Cl)c2)cc1. The molecule has 0 bridgehead atoms. The Morgan fingerprint density at radius 2 is 0.537 bits per heavy atom. The number of hydrogen-bond donors (Lipinski definition) is 2. The van der Waals surface area contributed by atoms with Crippen molar-refractivity contribution in [1.29, 1.82) is 0 Å². The average Bonchev–Trinajstić information content (AvgIpc) is 3.15. The molecule has 0 saturated carbocycles. The third-order valence-corrected chi connectivity index (χ3v) is 12.1. The molecule has 0 fully saturated rings. The van der Waals surface area contributed by atoms with E-state index in [1.54, 1.807) is 48.5 Å². The van der Waals surface area contributed by atoms with E-state index in [0.29, 0.717) is 53.0 Å². The summed E-state index contributed by atoms with van der Waals surface area (Å²) in [6.45, 7) is 0. The van der Waals surface area contributed by atoms with Crippen LogP contribution in [0.3, 0.4) is 0 Å². The van der Waals surface area contributed by atoms with Crippen LogP contribution in [0.4, 0.5) is 0 Å². The van der Waals surface area contributed by atoms with Crippen LogP contribution in [0, 0.1) is 0 Å². The van der Waals surface area contributed by atoms with Crippen LogP contribution in [0.15, 0.2) is 121 Å². The molecule has 0 aliphatic rings. The first-order chi connectivity index (χ1) is 25.9. The van der Waals surface area contributed by atoms with Gasteiger partial charge < -0.3 is 10.2 Å². The molecular formula is C44H26Cl8O2. The van der Waals surface area contributed by atoms with Crippen LogP contribution in [-0.4, -0.2) is 10.2 Å². The largest absolute Gasteiger partial charge is 0.508 e. The molecule has 0 unspecified atom stereocenters. The lowest BCUT2D eigenvalue weighted by Gasteiger charge is -2.29. The van der Waals surface area contributed by atoms with Crippen molar-refractivity contribution in [3.63, 3.8) is 0 Å². The van der Waals surface area contributed by atoms with Gasteiger partial charge in [-0.25, -0.2) is 0 Å². The minimum Gasteiger partial charge on any atom is -0.508 e. The van der Waals surface area contributed by atoms with Crippen LogP contribution in [0.2, 0.25) is 40.2 Å². The first-order valence-corrected chi connectivity index (χ1v) is 19.5. The summed E-state index contributed by atoms with van der Waals surface area (Å²) >= 11 is 53.3. The van der Waals surface area contributed by atoms with Crippen molar-refractivity contribution in [1.82, 2.24) is 0 Å². The molecule has 0 heterocycles. The van der Waals surface area contributed by atoms with E-state index >= 15 is 0 Å². The summed E-state index contributed by atoms with van der Waals surface area (Å²) in [5.74, 6) is 0.288. The summed E-state index contributed by atoms with van der Waals surface area (Å²) in [4.78, 5) is 0. The lowest BCUT2D eigenvalue weighted by Crippen LogP contribution is -2.08. The number of rotatable bonds is 8. The minimum absolute atomic E-state index is 0.144. The molecule has 270 valence electrons. The second-order valence-electron chi connectivity index (χ2n) is 12.7. The molecule has 0 aromatic heterocycles. The van der Waals surface area contributed by atoms with E-state index in [1.807, 2.05) is 72.8 Å². The van der Waals surface area contributed by atoms with Crippen molar-refractivity contribution >= 4 is 92.8 Å². The Hall–Kier alpha value is -3.54. The van der Waals surface area contributed by atoms with Gasteiger partial charge in [-0.15, -0.1) is 0 Å². The van der Waals surface area contributed by atoms with E-state index in [1.165, 1.54) is 0 Å². The number of phenols is 2. The van der Waals surface area contributed by atoms with Crippen molar-refractivity contribution in [3.05, 3.63) is 184 Å². The van der Waals surface area contributed by atoms with E-state index in [4.69, 9.17) is 92.8 Å². The molecule has 7 rings (SSSR count). The van der Waals surface area contributed by atoms with Crippen LogP contribution in [0.25, 0.3) is 44.5 Å². The Bertz CT molecular complexity index is 2240. The van der Waals surface area contributed by atoms with Crippen molar-refractivity contribution in [3.8, 4) is 56.0 Å². The zero-order valence-corrected chi connectivity index (χ0v) is 33.9. The highest BCUT2D eigenvalue weighted by molar-refractivity contribution is 6.44. The summed E-state index contributed by atoms with van der Waals surface area (Å²) in [7, 11) is 0. The van der Waals surface area contributed by atoms with Crippen LogP contribution in [-0.2, 0) is 12.8 Å². The third kappa shape index (κ3) is 8.05. The van der Waals surface area contributed by atoms with E-state index in [2.05, 4.69) is 0 Å². The van der Waals surface area contributed by atoms with Crippen LogP contribution in [0.1, 0.15) is 22.3 Å². The monoisotopic (exact) mass is 866 g/mol. The van der Waals surface area contributed by atoms with Gasteiger partial charge in [-0.05, 0) is 152 Å². The molecule has 0 saturated heterocycles. The lowest BCUT2D eigenvalue weighted by atomic mass is 9.74. The normalized spacial score (nSPS) is 11.3. The Kier molecular flexibility index (Phi) is 11.7. The van der Waals surface area contributed by atoms with Gasteiger partial charge >= 0.3 is 0 Å². The van der Waals surface area contributed by atoms with Gasteiger partial charge in [-0.2, -0.15) is 0 Å². The topological polar surface area (TPSA) is 40.5 Å². The Morgan fingerprint density at radius 1 is 0.296 bits per heavy atom.